The van der Waals surface area contributed by atoms with Gasteiger partial charge in [-0.15, -0.1) is 11.6 Å². The molecule has 16 heavy (non-hydrogen) atoms. The van der Waals surface area contributed by atoms with Gasteiger partial charge in [0.05, 0.1) is 0 Å². The van der Waals surface area contributed by atoms with E-state index in [1.165, 1.54) is 0 Å². The topological polar surface area (TPSA) is 29.1 Å². The Morgan fingerprint density at radius 2 is 1.69 bits per heavy atom. The van der Waals surface area contributed by atoms with Crippen molar-refractivity contribution in [2.45, 2.75) is 25.3 Å². The van der Waals surface area contributed by atoms with Crippen LogP contribution in [0.1, 0.15) is 24.8 Å². The molecular weight excluding hydrogens is 268 g/mol. The van der Waals surface area contributed by atoms with Crippen LogP contribution in [0.5, 0.6) is 0 Å². The molecule has 0 bridgehead atoms. The predicted molar refractivity (Wildman–Crippen MR) is 68.3 cm³/mol. The van der Waals surface area contributed by atoms with Crippen molar-refractivity contribution in [2.24, 2.45) is 0 Å². The third-order valence-corrected chi connectivity index (χ3v) is 2.73. The van der Waals surface area contributed by atoms with Gasteiger partial charge in [0.1, 0.15) is 5.38 Å². The molecule has 0 fully saturated rings. The standard InChI is InChI=1S/C11H12Cl3NO/c1-6(2)15-11(16)10(14)7-3-8(12)5-9(13)4-7/h3-6,10H,1-2H3,(H,15,16). The number of nitrogens with one attached hydrogen (secondary N) is 1. The van der Waals surface area contributed by atoms with Gasteiger partial charge < -0.3 is 5.32 Å². The van der Waals surface area contributed by atoms with Crippen molar-refractivity contribution in [3.63, 3.8) is 0 Å². The second kappa shape index (κ2) is 5.76. The van der Waals surface area contributed by atoms with E-state index in [1.807, 2.05) is 13.8 Å². The SMILES string of the molecule is CC(C)NC(=O)C(Cl)c1cc(Cl)cc(Cl)c1. The number of carbonyl (C=O) groups excluding carboxylic acids is 1. The van der Waals surface area contributed by atoms with Crippen LogP contribution in [-0.2, 0) is 4.79 Å². The van der Waals surface area contributed by atoms with Crippen LogP contribution < -0.4 is 5.32 Å². The normalized spacial score (nSPS) is 12.6. The third-order valence-electron chi connectivity index (χ3n) is 1.84. The van der Waals surface area contributed by atoms with Crippen molar-refractivity contribution >= 4 is 40.7 Å². The summed E-state index contributed by atoms with van der Waals surface area (Å²) >= 11 is 17.7. The highest BCUT2D eigenvalue weighted by Crippen LogP contribution is 2.27. The minimum absolute atomic E-state index is 0.0448. The first-order valence-electron chi connectivity index (χ1n) is 4.80. The Hall–Kier alpha value is -0.440. The lowest BCUT2D eigenvalue weighted by Gasteiger charge is -2.13. The smallest absolute Gasteiger partial charge is 0.242 e. The van der Waals surface area contributed by atoms with E-state index in [9.17, 15) is 4.79 Å². The first-order valence-corrected chi connectivity index (χ1v) is 6.00. The van der Waals surface area contributed by atoms with Crippen molar-refractivity contribution in [3.05, 3.63) is 33.8 Å². The summed E-state index contributed by atoms with van der Waals surface area (Å²) in [5.41, 5.74) is 0.595. The van der Waals surface area contributed by atoms with Gasteiger partial charge in [-0.25, -0.2) is 0 Å². The minimum Gasteiger partial charge on any atom is -0.352 e. The Labute approximate surface area is 110 Å². The van der Waals surface area contributed by atoms with Crippen molar-refractivity contribution in [1.29, 1.82) is 0 Å². The Balaban J connectivity index is 2.87. The number of hydrogen-bond donors (Lipinski definition) is 1. The summed E-state index contributed by atoms with van der Waals surface area (Å²) in [4.78, 5) is 11.6. The Morgan fingerprint density at radius 1 is 1.19 bits per heavy atom. The largest absolute Gasteiger partial charge is 0.352 e. The lowest BCUT2D eigenvalue weighted by molar-refractivity contribution is -0.121. The third kappa shape index (κ3) is 3.85. The Kier molecular flexibility index (Phi) is 4.90. The molecule has 1 N–H and O–H groups in total. The molecule has 0 aromatic heterocycles. The molecule has 0 saturated carbocycles. The van der Waals surface area contributed by atoms with Crippen molar-refractivity contribution in [1.82, 2.24) is 5.32 Å². The zero-order valence-electron chi connectivity index (χ0n) is 8.93. The molecule has 1 rings (SSSR count). The summed E-state index contributed by atoms with van der Waals surface area (Å²) in [6.45, 7) is 3.74. The Bertz CT molecular complexity index is 373. The minimum atomic E-state index is -0.779. The van der Waals surface area contributed by atoms with E-state index >= 15 is 0 Å². The molecule has 0 heterocycles. The first-order chi connectivity index (χ1) is 7.40. The van der Waals surface area contributed by atoms with E-state index in [0.717, 1.165) is 0 Å². The summed E-state index contributed by atoms with van der Waals surface area (Å²) in [5, 5.41) is 2.87. The van der Waals surface area contributed by atoms with Crippen LogP contribution in [0.25, 0.3) is 0 Å². The van der Waals surface area contributed by atoms with E-state index in [1.54, 1.807) is 18.2 Å². The predicted octanol–water partition coefficient (Wildman–Crippen LogP) is 3.80. The average Bonchev–Trinajstić information content (AvgIpc) is 2.13. The molecular formula is C11H12Cl3NO. The zero-order valence-corrected chi connectivity index (χ0v) is 11.2. The molecule has 1 aromatic rings. The number of hydrogen-bond acceptors (Lipinski definition) is 1. The summed E-state index contributed by atoms with van der Waals surface area (Å²) in [7, 11) is 0. The van der Waals surface area contributed by atoms with Gasteiger partial charge in [0.25, 0.3) is 0 Å². The fraction of sp³-hybridized carbons (Fsp3) is 0.364. The maximum atomic E-state index is 11.6. The van der Waals surface area contributed by atoms with Gasteiger partial charge in [0.2, 0.25) is 5.91 Å². The average molecular weight is 281 g/mol. The van der Waals surface area contributed by atoms with Gasteiger partial charge in [0, 0.05) is 16.1 Å². The number of benzene rings is 1. The first kappa shape index (κ1) is 13.6. The van der Waals surface area contributed by atoms with Gasteiger partial charge in [-0.3, -0.25) is 4.79 Å². The number of amides is 1. The van der Waals surface area contributed by atoms with E-state index in [4.69, 9.17) is 34.8 Å². The van der Waals surface area contributed by atoms with Crippen molar-refractivity contribution in [3.8, 4) is 0 Å². The molecule has 0 aliphatic carbocycles. The van der Waals surface area contributed by atoms with Crippen LogP contribution >= 0.6 is 34.8 Å². The van der Waals surface area contributed by atoms with Gasteiger partial charge in [-0.2, -0.15) is 0 Å². The highest BCUT2D eigenvalue weighted by Gasteiger charge is 2.18. The molecule has 0 radical (unpaired) electrons. The molecule has 2 nitrogen and oxygen atoms in total. The monoisotopic (exact) mass is 279 g/mol. The Morgan fingerprint density at radius 3 is 2.12 bits per heavy atom. The molecule has 0 saturated heterocycles. The maximum Gasteiger partial charge on any atom is 0.242 e. The molecule has 88 valence electrons. The lowest BCUT2D eigenvalue weighted by atomic mass is 10.1. The summed E-state index contributed by atoms with van der Waals surface area (Å²) < 4.78 is 0. The zero-order chi connectivity index (χ0) is 12.3. The van der Waals surface area contributed by atoms with Gasteiger partial charge >= 0.3 is 0 Å². The number of carbonyl (C=O) groups is 1. The molecule has 0 aliphatic heterocycles. The quantitative estimate of drug-likeness (QED) is 0.838. The highest BCUT2D eigenvalue weighted by molar-refractivity contribution is 6.35. The lowest BCUT2D eigenvalue weighted by Crippen LogP contribution is -2.32. The molecule has 1 unspecified atom stereocenters. The van der Waals surface area contributed by atoms with Crippen LogP contribution in [0.15, 0.2) is 18.2 Å². The van der Waals surface area contributed by atoms with Gasteiger partial charge in [-0.05, 0) is 37.6 Å². The molecule has 1 atom stereocenters. The van der Waals surface area contributed by atoms with Crippen molar-refractivity contribution in [2.75, 3.05) is 0 Å². The van der Waals surface area contributed by atoms with Crippen LogP contribution in [0, 0.1) is 0 Å². The van der Waals surface area contributed by atoms with E-state index < -0.39 is 5.38 Å². The highest BCUT2D eigenvalue weighted by atomic mass is 35.5. The van der Waals surface area contributed by atoms with Crippen LogP contribution in [0.3, 0.4) is 0 Å². The summed E-state index contributed by atoms with van der Waals surface area (Å²) in [5.74, 6) is -0.255. The second-order valence-electron chi connectivity index (χ2n) is 3.73. The molecule has 1 aromatic carbocycles. The maximum absolute atomic E-state index is 11.6. The van der Waals surface area contributed by atoms with E-state index in [0.29, 0.717) is 15.6 Å². The number of rotatable bonds is 3. The number of halogens is 3. The second-order valence-corrected chi connectivity index (χ2v) is 5.04. The van der Waals surface area contributed by atoms with Crippen molar-refractivity contribution < 1.29 is 4.79 Å². The van der Waals surface area contributed by atoms with E-state index in [-0.39, 0.29) is 11.9 Å². The van der Waals surface area contributed by atoms with Gasteiger partial charge in [-0.1, -0.05) is 23.2 Å². The molecule has 0 aliphatic rings. The fourth-order valence-electron chi connectivity index (χ4n) is 1.23. The van der Waals surface area contributed by atoms with Crippen LogP contribution in [-0.4, -0.2) is 11.9 Å². The van der Waals surface area contributed by atoms with Gasteiger partial charge in [0.15, 0.2) is 0 Å². The summed E-state index contributed by atoms with van der Waals surface area (Å²) in [6, 6.07) is 4.90. The molecule has 1 amide bonds. The summed E-state index contributed by atoms with van der Waals surface area (Å²) in [6.07, 6.45) is 0. The number of alkyl halides is 1. The van der Waals surface area contributed by atoms with E-state index in [2.05, 4.69) is 5.32 Å². The molecule has 0 spiro atoms. The molecule has 5 heteroatoms. The van der Waals surface area contributed by atoms with Crippen LogP contribution in [0.2, 0.25) is 10.0 Å². The fourth-order valence-corrected chi connectivity index (χ4v) is 1.96. The van der Waals surface area contributed by atoms with Crippen LogP contribution in [0.4, 0.5) is 0 Å².